The van der Waals surface area contributed by atoms with Gasteiger partial charge in [-0.1, -0.05) is 18.9 Å². The van der Waals surface area contributed by atoms with E-state index < -0.39 is 0 Å². The molecule has 76 valence electrons. The maximum atomic E-state index is 6.62. The van der Waals surface area contributed by atoms with E-state index in [1.807, 2.05) is 0 Å². The molecule has 0 fully saturated rings. The molecule has 0 heterocycles. The molecule has 4 nitrogen and oxygen atoms in total. The van der Waals surface area contributed by atoms with E-state index in [1.165, 1.54) is 30.4 Å². The quantitative estimate of drug-likeness (QED) is 0.394. The highest BCUT2D eigenvalue weighted by Crippen LogP contribution is 1.99. The van der Waals surface area contributed by atoms with Crippen LogP contribution < -0.4 is 0 Å². The van der Waals surface area contributed by atoms with Crippen molar-refractivity contribution in [2.24, 2.45) is 0 Å². The molecular formula is C8H22NO3+. The molecule has 0 amide bonds. The van der Waals surface area contributed by atoms with E-state index in [0.717, 1.165) is 0 Å². The third-order valence-corrected chi connectivity index (χ3v) is 1.66. The van der Waals surface area contributed by atoms with Crippen molar-refractivity contribution in [3.63, 3.8) is 0 Å². The smallest absolute Gasteiger partial charge is 0.0779 e. The predicted octanol–water partition coefficient (Wildman–Crippen LogP) is 1.83. The first-order valence-electron chi connectivity index (χ1n) is 4.31. The lowest BCUT2D eigenvalue weighted by Gasteiger charge is -2.28. The summed E-state index contributed by atoms with van der Waals surface area (Å²) in [5, 5.41) is 15.5. The lowest BCUT2D eigenvalue weighted by atomic mass is 10.3. The van der Waals surface area contributed by atoms with E-state index >= 15 is 0 Å². The van der Waals surface area contributed by atoms with E-state index in [4.69, 9.17) is 10.5 Å². The first-order valence-corrected chi connectivity index (χ1v) is 4.31. The molecule has 0 aliphatic heterocycles. The maximum Gasteiger partial charge on any atom is 0.0779 e. The minimum atomic E-state index is 1.19. The lowest BCUT2D eigenvalue weighted by Crippen LogP contribution is -2.40. The highest BCUT2D eigenvalue weighted by molar-refractivity contribution is 4.30. The Morgan fingerprint density at radius 3 is 1.42 bits per heavy atom. The van der Waals surface area contributed by atoms with Gasteiger partial charge in [-0.25, -0.2) is 10.5 Å². The summed E-state index contributed by atoms with van der Waals surface area (Å²) in [6.45, 7) is 7.12. The fourth-order valence-corrected chi connectivity index (χ4v) is 1.32. The zero-order chi connectivity index (χ0) is 10.0. The van der Waals surface area contributed by atoms with Crippen molar-refractivity contribution in [1.82, 2.24) is 0 Å². The third kappa shape index (κ3) is 12.5. The largest absolute Gasteiger partial charge is 0.328 e. The molecule has 12 heavy (non-hydrogen) atoms. The summed E-state index contributed by atoms with van der Waals surface area (Å²) < 4.78 is 1.19. The van der Waals surface area contributed by atoms with Crippen molar-refractivity contribution in [2.75, 3.05) is 27.2 Å². The van der Waals surface area contributed by atoms with Crippen molar-refractivity contribution in [3.8, 4) is 0 Å². The monoisotopic (exact) mass is 180 g/mol. The van der Waals surface area contributed by atoms with Crippen LogP contribution >= 0.6 is 0 Å². The van der Waals surface area contributed by atoms with Gasteiger partial charge in [-0.3, -0.25) is 0 Å². The number of quaternary nitrogens is 1. The molecular weight excluding hydrogens is 158 g/mol. The zero-order valence-corrected chi connectivity index (χ0v) is 8.58. The Kier molecular flexibility index (Phi) is 10.7. The highest BCUT2D eigenvalue weighted by atomic mass is 17.4. The van der Waals surface area contributed by atoms with Crippen LogP contribution in [-0.2, 0) is 5.04 Å². The predicted molar refractivity (Wildman–Crippen MR) is 48.8 cm³/mol. The van der Waals surface area contributed by atoms with Crippen LogP contribution in [0, 0.1) is 0 Å². The van der Waals surface area contributed by atoms with Gasteiger partial charge in [0.2, 0.25) is 0 Å². The van der Waals surface area contributed by atoms with E-state index in [2.05, 4.69) is 33.0 Å². The van der Waals surface area contributed by atoms with Crippen LogP contribution in [0.25, 0.3) is 0 Å². The second kappa shape index (κ2) is 8.93. The van der Waals surface area contributed by atoms with Crippen LogP contribution in [-0.4, -0.2) is 42.2 Å². The van der Waals surface area contributed by atoms with Crippen LogP contribution in [0.5, 0.6) is 0 Å². The Morgan fingerprint density at radius 2 is 1.25 bits per heavy atom. The van der Waals surface area contributed by atoms with Gasteiger partial charge in [0.25, 0.3) is 0 Å². The summed E-state index contributed by atoms with van der Waals surface area (Å²) in [4.78, 5) is 0. The van der Waals surface area contributed by atoms with Gasteiger partial charge in [0.05, 0.1) is 27.2 Å². The number of nitrogens with zero attached hydrogens (tertiary/aromatic N) is 1. The molecule has 0 radical (unpaired) electrons. The van der Waals surface area contributed by atoms with Gasteiger partial charge in [0, 0.05) is 0 Å². The minimum Gasteiger partial charge on any atom is -0.328 e. The fraction of sp³-hybridized carbons (Fsp3) is 1.00. The molecule has 0 aromatic carbocycles. The van der Waals surface area contributed by atoms with E-state index in [1.54, 1.807) is 0 Å². The molecule has 0 bridgehead atoms. The van der Waals surface area contributed by atoms with Gasteiger partial charge in [-0.2, -0.15) is 0 Å². The molecule has 2 N–H and O–H groups in total. The standard InChI is InChI=1S/C8H20N.H2O3/c1-5-7-9(3,4)8-6-2;1-3-2/h5-8H2,1-4H3;1-2H/q+1;. The molecule has 0 atom stereocenters. The normalized spacial score (nSPS) is 10.5. The average Bonchev–Trinajstić information content (AvgIpc) is 1.88. The van der Waals surface area contributed by atoms with Crippen LogP contribution in [0.3, 0.4) is 0 Å². The van der Waals surface area contributed by atoms with Crippen molar-refractivity contribution in [3.05, 3.63) is 0 Å². The summed E-state index contributed by atoms with van der Waals surface area (Å²) in [6, 6.07) is 0. The fourth-order valence-electron chi connectivity index (χ4n) is 1.32. The van der Waals surface area contributed by atoms with Gasteiger partial charge in [-0.15, -0.1) is 0 Å². The molecule has 0 rings (SSSR count). The number of rotatable bonds is 4. The second-order valence-corrected chi connectivity index (χ2v) is 3.46. The third-order valence-electron chi connectivity index (χ3n) is 1.66. The van der Waals surface area contributed by atoms with Gasteiger partial charge in [-0.05, 0) is 12.8 Å². The lowest BCUT2D eigenvalue weighted by molar-refractivity contribution is -0.890. The molecule has 0 aliphatic rings. The SMILES string of the molecule is CCC[N+](C)(C)CCC.OOO. The molecule has 0 aliphatic carbocycles. The molecule has 0 unspecified atom stereocenters. The number of hydrogen-bond donors (Lipinski definition) is 2. The van der Waals surface area contributed by atoms with E-state index in [-0.39, 0.29) is 0 Å². The topological polar surface area (TPSA) is 49.7 Å². The van der Waals surface area contributed by atoms with Gasteiger partial charge < -0.3 is 4.48 Å². The maximum absolute atomic E-state index is 6.62. The Morgan fingerprint density at radius 1 is 1.00 bits per heavy atom. The van der Waals surface area contributed by atoms with Crippen molar-refractivity contribution in [2.45, 2.75) is 26.7 Å². The average molecular weight is 180 g/mol. The minimum absolute atomic E-state index is 1.19. The first kappa shape index (κ1) is 14.4. The van der Waals surface area contributed by atoms with E-state index in [9.17, 15) is 0 Å². The second-order valence-electron chi connectivity index (χ2n) is 3.46. The molecule has 0 spiro atoms. The van der Waals surface area contributed by atoms with Gasteiger partial charge in [0.15, 0.2) is 0 Å². The van der Waals surface area contributed by atoms with Crippen molar-refractivity contribution in [1.29, 1.82) is 0 Å². The Labute approximate surface area is 74.8 Å². The van der Waals surface area contributed by atoms with Crippen molar-refractivity contribution >= 4 is 0 Å². The first-order chi connectivity index (χ1) is 5.54. The summed E-state index contributed by atoms with van der Waals surface area (Å²) in [7, 11) is 4.60. The Hall–Kier alpha value is -0.160. The van der Waals surface area contributed by atoms with Crippen LogP contribution in [0.2, 0.25) is 0 Å². The van der Waals surface area contributed by atoms with Crippen LogP contribution in [0.1, 0.15) is 26.7 Å². The molecule has 0 saturated carbocycles. The van der Waals surface area contributed by atoms with Crippen molar-refractivity contribution < 1.29 is 20.0 Å². The van der Waals surface area contributed by atoms with Gasteiger partial charge in [0.1, 0.15) is 0 Å². The summed E-state index contributed by atoms with van der Waals surface area (Å²) >= 11 is 0. The van der Waals surface area contributed by atoms with E-state index in [0.29, 0.717) is 0 Å². The highest BCUT2D eigenvalue weighted by Gasteiger charge is 2.09. The molecule has 0 aromatic rings. The molecule has 0 saturated heterocycles. The Balaban J connectivity index is 0. The van der Waals surface area contributed by atoms with Gasteiger partial charge >= 0.3 is 0 Å². The Bertz CT molecular complexity index is 78.4. The molecule has 0 aromatic heterocycles. The zero-order valence-electron chi connectivity index (χ0n) is 8.58. The van der Waals surface area contributed by atoms with Crippen LogP contribution in [0.4, 0.5) is 0 Å². The summed E-state index contributed by atoms with van der Waals surface area (Å²) in [6.07, 6.45) is 2.60. The summed E-state index contributed by atoms with van der Waals surface area (Å²) in [5.74, 6) is 0. The summed E-state index contributed by atoms with van der Waals surface area (Å²) in [5.41, 5.74) is 0. The number of hydrogen-bond acceptors (Lipinski definition) is 3. The van der Waals surface area contributed by atoms with Crippen LogP contribution in [0.15, 0.2) is 0 Å². The molecule has 4 heteroatoms.